The van der Waals surface area contributed by atoms with E-state index < -0.39 is 0 Å². The van der Waals surface area contributed by atoms with Crippen molar-refractivity contribution in [3.05, 3.63) is 207 Å². The van der Waals surface area contributed by atoms with E-state index in [4.69, 9.17) is 9.97 Å². The highest BCUT2D eigenvalue weighted by molar-refractivity contribution is 5.91. The van der Waals surface area contributed by atoms with Crippen LogP contribution in [-0.4, -0.2) is 24.9 Å². The fraction of sp³-hybridized carbons (Fsp3) is 0.0208. The van der Waals surface area contributed by atoms with Crippen LogP contribution in [0.5, 0.6) is 0 Å². The maximum atomic E-state index is 4.88. The minimum Gasteiger partial charge on any atom is -0.228 e. The minimum absolute atomic E-state index is 0.630. The highest BCUT2D eigenvalue weighted by Gasteiger charge is 2.12. The summed E-state index contributed by atoms with van der Waals surface area (Å²) in [6.45, 7) is 9.95. The Balaban J connectivity index is 0.000000202. The first-order valence-electron chi connectivity index (χ1n) is 17.4. The fourth-order valence-corrected chi connectivity index (χ4v) is 6.15. The third-order valence-corrected chi connectivity index (χ3v) is 8.90. The van der Waals surface area contributed by atoms with Gasteiger partial charge in [0.2, 0.25) is 0 Å². The van der Waals surface area contributed by atoms with Crippen molar-refractivity contribution in [3.63, 3.8) is 0 Å². The standard InChI is InChI=1S/C33H26N2.C15H11N3/c1-4-11-24(5-2)33-34-31(27-13-7-6-8-14-27)22-32(35-33)28-18-16-26(17-19-28)30-21-20-25-12-9-10-15-29(25)23(30)3;1-3-7-12(8-4-1)14-16-11-17-15(18-14)13-9-5-2-6-10-13/h4-22H,1-2H2,3H3;1-11H/b24-11+;. The summed E-state index contributed by atoms with van der Waals surface area (Å²) in [6.07, 6.45) is 6.93. The molecule has 0 spiro atoms. The Morgan fingerprint density at radius 2 is 1.02 bits per heavy atom. The first kappa shape index (κ1) is 34.3. The molecule has 0 N–H and O–H groups in total. The van der Waals surface area contributed by atoms with Gasteiger partial charge in [-0.15, -0.1) is 0 Å². The van der Waals surface area contributed by atoms with E-state index in [-0.39, 0.29) is 0 Å². The van der Waals surface area contributed by atoms with Crippen LogP contribution in [0.1, 0.15) is 11.4 Å². The van der Waals surface area contributed by atoms with Crippen molar-refractivity contribution in [2.45, 2.75) is 6.92 Å². The van der Waals surface area contributed by atoms with Crippen molar-refractivity contribution < 1.29 is 0 Å². The van der Waals surface area contributed by atoms with E-state index in [0.29, 0.717) is 17.5 Å². The lowest BCUT2D eigenvalue weighted by Crippen LogP contribution is -1.98. The van der Waals surface area contributed by atoms with Crippen molar-refractivity contribution in [2.75, 3.05) is 0 Å². The first-order valence-corrected chi connectivity index (χ1v) is 17.4. The summed E-state index contributed by atoms with van der Waals surface area (Å²) in [4.78, 5) is 22.6. The summed E-state index contributed by atoms with van der Waals surface area (Å²) in [5.41, 5.74) is 10.4. The molecule has 0 aliphatic carbocycles. The first-order chi connectivity index (χ1) is 26.1. The molecule has 254 valence electrons. The van der Waals surface area contributed by atoms with Gasteiger partial charge in [0.15, 0.2) is 17.5 Å². The largest absolute Gasteiger partial charge is 0.228 e. The lowest BCUT2D eigenvalue weighted by Gasteiger charge is -2.12. The Bertz CT molecular complexity index is 2470. The highest BCUT2D eigenvalue weighted by Crippen LogP contribution is 2.32. The Morgan fingerprint density at radius 1 is 0.509 bits per heavy atom. The second-order valence-corrected chi connectivity index (χ2v) is 12.3. The van der Waals surface area contributed by atoms with Crippen molar-refractivity contribution in [2.24, 2.45) is 0 Å². The van der Waals surface area contributed by atoms with Crippen LogP contribution in [0.2, 0.25) is 0 Å². The lowest BCUT2D eigenvalue weighted by molar-refractivity contribution is 1.07. The van der Waals surface area contributed by atoms with Crippen LogP contribution in [0.3, 0.4) is 0 Å². The molecule has 0 unspecified atom stereocenters. The third-order valence-electron chi connectivity index (χ3n) is 8.90. The van der Waals surface area contributed by atoms with Gasteiger partial charge < -0.3 is 0 Å². The normalized spacial score (nSPS) is 11.0. The minimum atomic E-state index is 0.630. The van der Waals surface area contributed by atoms with Crippen LogP contribution in [0, 0.1) is 6.92 Å². The van der Waals surface area contributed by atoms with Crippen LogP contribution in [0.4, 0.5) is 0 Å². The van der Waals surface area contributed by atoms with E-state index in [9.17, 15) is 0 Å². The second-order valence-electron chi connectivity index (χ2n) is 12.3. The maximum Gasteiger partial charge on any atom is 0.163 e. The van der Waals surface area contributed by atoms with E-state index in [2.05, 4.69) is 108 Å². The van der Waals surface area contributed by atoms with Gasteiger partial charge >= 0.3 is 0 Å². The number of rotatable bonds is 8. The zero-order valence-electron chi connectivity index (χ0n) is 29.5. The summed E-state index contributed by atoms with van der Waals surface area (Å²) in [5, 5.41) is 2.55. The van der Waals surface area contributed by atoms with E-state index in [1.807, 2.05) is 91.0 Å². The molecule has 0 saturated carbocycles. The van der Waals surface area contributed by atoms with Crippen molar-refractivity contribution in [3.8, 4) is 56.4 Å². The molecule has 0 aliphatic rings. The topological polar surface area (TPSA) is 64.5 Å². The van der Waals surface area contributed by atoms with Gasteiger partial charge in [0.1, 0.15) is 6.33 Å². The number of benzene rings is 6. The average molecular weight is 684 g/mol. The van der Waals surface area contributed by atoms with Gasteiger partial charge in [-0.05, 0) is 40.5 Å². The molecule has 0 bridgehead atoms. The Kier molecular flexibility index (Phi) is 10.5. The Morgan fingerprint density at radius 3 is 1.58 bits per heavy atom. The van der Waals surface area contributed by atoms with E-state index >= 15 is 0 Å². The molecule has 0 radical (unpaired) electrons. The summed E-state index contributed by atoms with van der Waals surface area (Å²) >= 11 is 0. The molecular formula is C48H37N5. The average Bonchev–Trinajstić information content (AvgIpc) is 3.24. The summed E-state index contributed by atoms with van der Waals surface area (Å²) in [5.74, 6) is 2.03. The van der Waals surface area contributed by atoms with Gasteiger partial charge in [-0.1, -0.05) is 183 Å². The van der Waals surface area contributed by atoms with Gasteiger partial charge in [0.05, 0.1) is 11.4 Å². The van der Waals surface area contributed by atoms with Crippen LogP contribution >= 0.6 is 0 Å². The second kappa shape index (κ2) is 16.3. The number of allylic oxidation sites excluding steroid dienone is 4. The van der Waals surface area contributed by atoms with E-state index in [1.54, 1.807) is 18.5 Å². The quantitative estimate of drug-likeness (QED) is 0.149. The van der Waals surface area contributed by atoms with E-state index in [0.717, 1.165) is 39.2 Å². The molecule has 5 heteroatoms. The summed E-state index contributed by atoms with van der Waals surface area (Å²) < 4.78 is 0. The molecule has 0 aliphatic heterocycles. The maximum absolute atomic E-state index is 4.88. The summed E-state index contributed by atoms with van der Waals surface area (Å²) in [6, 6.07) is 53.5. The van der Waals surface area contributed by atoms with Crippen molar-refractivity contribution >= 4 is 16.3 Å². The Labute approximate surface area is 310 Å². The third kappa shape index (κ3) is 7.95. The fourth-order valence-electron chi connectivity index (χ4n) is 6.15. The number of nitrogens with zero attached hydrogens (tertiary/aromatic N) is 5. The van der Waals surface area contributed by atoms with Gasteiger partial charge in [0.25, 0.3) is 0 Å². The number of aromatic nitrogens is 5. The zero-order chi connectivity index (χ0) is 36.4. The zero-order valence-corrected chi connectivity index (χ0v) is 29.5. The van der Waals surface area contributed by atoms with Crippen molar-refractivity contribution in [1.82, 2.24) is 24.9 Å². The van der Waals surface area contributed by atoms with Gasteiger partial charge in [-0.3, -0.25) is 0 Å². The number of aryl methyl sites for hydroxylation is 1. The number of hydrogen-bond donors (Lipinski definition) is 0. The van der Waals surface area contributed by atoms with Gasteiger partial charge in [0, 0.05) is 27.8 Å². The number of fused-ring (bicyclic) bond motifs is 1. The molecule has 0 fully saturated rings. The van der Waals surface area contributed by atoms with Crippen LogP contribution in [-0.2, 0) is 0 Å². The molecule has 0 saturated heterocycles. The number of hydrogen-bond acceptors (Lipinski definition) is 5. The Hall–Kier alpha value is -7.11. The molecule has 2 heterocycles. The molecular weight excluding hydrogens is 647 g/mol. The lowest BCUT2D eigenvalue weighted by atomic mass is 9.94. The predicted octanol–water partition coefficient (Wildman–Crippen LogP) is 11.9. The molecule has 5 nitrogen and oxygen atoms in total. The highest BCUT2D eigenvalue weighted by atomic mass is 15.0. The molecule has 8 rings (SSSR count). The van der Waals surface area contributed by atoms with Gasteiger partial charge in [-0.2, -0.15) is 0 Å². The predicted molar refractivity (Wildman–Crippen MR) is 220 cm³/mol. The van der Waals surface area contributed by atoms with Gasteiger partial charge in [-0.25, -0.2) is 24.9 Å². The van der Waals surface area contributed by atoms with Crippen LogP contribution < -0.4 is 0 Å². The summed E-state index contributed by atoms with van der Waals surface area (Å²) in [7, 11) is 0. The van der Waals surface area contributed by atoms with Crippen LogP contribution in [0.15, 0.2) is 195 Å². The SMILES string of the molecule is C=C/C=C(\C=C)c1nc(-c2ccccc2)cc(-c2ccc(-c3ccc4ccccc4c3C)cc2)n1.c1ccc(-c2ncnc(-c3ccccc3)n2)cc1. The molecule has 53 heavy (non-hydrogen) atoms. The molecule has 0 amide bonds. The van der Waals surface area contributed by atoms with Crippen LogP contribution in [0.25, 0.3) is 72.8 Å². The molecule has 0 atom stereocenters. The monoisotopic (exact) mass is 683 g/mol. The molecule has 2 aromatic heterocycles. The molecule has 6 aromatic carbocycles. The van der Waals surface area contributed by atoms with Crippen molar-refractivity contribution in [1.29, 1.82) is 0 Å². The molecule has 8 aromatic rings. The smallest absolute Gasteiger partial charge is 0.163 e. The van der Waals surface area contributed by atoms with E-state index in [1.165, 1.54) is 27.5 Å².